The van der Waals surface area contributed by atoms with Crippen LogP contribution in [0.15, 0.2) is 42.7 Å². The molecular formula is C21H28N4S. The molecule has 0 aromatic carbocycles. The molecule has 26 heavy (non-hydrogen) atoms. The second-order valence-electron chi connectivity index (χ2n) is 7.45. The lowest BCUT2D eigenvalue weighted by Crippen LogP contribution is -2.31. The topological polar surface area (TPSA) is 33.1 Å². The van der Waals surface area contributed by atoms with Gasteiger partial charge in [-0.3, -0.25) is 4.98 Å². The molecule has 0 amide bonds. The molecule has 1 aliphatic heterocycles. The molecule has 5 heteroatoms. The van der Waals surface area contributed by atoms with Crippen LogP contribution in [0.1, 0.15) is 75.0 Å². The van der Waals surface area contributed by atoms with E-state index in [2.05, 4.69) is 57.2 Å². The zero-order chi connectivity index (χ0) is 17.9. The first kappa shape index (κ1) is 17.5. The van der Waals surface area contributed by atoms with Crippen LogP contribution >= 0.6 is 12.2 Å². The molecule has 2 atom stereocenters. The fraction of sp³-hybridized carbons (Fsp3) is 0.524. The molecule has 1 N–H and O–H groups in total. The van der Waals surface area contributed by atoms with Crippen LogP contribution in [0, 0.1) is 0 Å². The molecule has 4 rings (SSSR count). The van der Waals surface area contributed by atoms with E-state index in [1.807, 2.05) is 12.3 Å². The maximum absolute atomic E-state index is 5.71. The van der Waals surface area contributed by atoms with Gasteiger partial charge in [0.2, 0.25) is 0 Å². The lowest BCUT2D eigenvalue weighted by atomic mass is 9.94. The maximum atomic E-state index is 5.71. The molecule has 2 aromatic rings. The van der Waals surface area contributed by atoms with Gasteiger partial charge < -0.3 is 14.8 Å². The number of nitrogens with zero attached hydrogens (tertiary/aromatic N) is 3. The molecule has 2 unspecified atom stereocenters. The van der Waals surface area contributed by atoms with Crippen molar-refractivity contribution in [1.82, 2.24) is 19.8 Å². The second-order valence-corrected chi connectivity index (χ2v) is 7.84. The Hall–Kier alpha value is -1.88. The maximum Gasteiger partial charge on any atom is 0.170 e. The minimum atomic E-state index is 0.104. The molecule has 0 spiro atoms. The van der Waals surface area contributed by atoms with E-state index < -0.39 is 0 Å². The Bertz CT molecular complexity index is 735. The molecular weight excluding hydrogens is 340 g/mol. The summed E-state index contributed by atoms with van der Waals surface area (Å²) in [6.45, 7) is 3.18. The highest BCUT2D eigenvalue weighted by Crippen LogP contribution is 2.41. The van der Waals surface area contributed by atoms with Crippen LogP contribution in [0.4, 0.5) is 0 Å². The highest BCUT2D eigenvalue weighted by molar-refractivity contribution is 7.80. The van der Waals surface area contributed by atoms with Crippen molar-refractivity contribution in [2.45, 2.75) is 63.6 Å². The lowest BCUT2D eigenvalue weighted by Gasteiger charge is -2.32. The fourth-order valence-corrected chi connectivity index (χ4v) is 4.89. The first-order valence-electron chi connectivity index (χ1n) is 9.94. The fourth-order valence-electron chi connectivity index (χ4n) is 4.56. The van der Waals surface area contributed by atoms with E-state index in [4.69, 9.17) is 12.2 Å². The molecule has 1 aliphatic carbocycles. The van der Waals surface area contributed by atoms with Crippen molar-refractivity contribution in [3.8, 4) is 0 Å². The molecule has 2 aromatic heterocycles. The molecule has 4 nitrogen and oxygen atoms in total. The number of pyridine rings is 1. The van der Waals surface area contributed by atoms with Crippen molar-refractivity contribution >= 4 is 17.3 Å². The predicted molar refractivity (Wildman–Crippen MR) is 109 cm³/mol. The Balaban J connectivity index is 1.72. The first-order chi connectivity index (χ1) is 12.8. The van der Waals surface area contributed by atoms with E-state index in [0.717, 1.165) is 23.8 Å². The molecule has 0 radical (unpaired) electrons. The smallest absolute Gasteiger partial charge is 0.170 e. The van der Waals surface area contributed by atoms with Crippen LogP contribution in [-0.4, -0.2) is 26.1 Å². The van der Waals surface area contributed by atoms with Gasteiger partial charge in [0, 0.05) is 30.7 Å². The monoisotopic (exact) mass is 368 g/mol. The minimum absolute atomic E-state index is 0.104. The molecule has 3 heterocycles. The van der Waals surface area contributed by atoms with Crippen LogP contribution in [0.25, 0.3) is 0 Å². The van der Waals surface area contributed by atoms with Gasteiger partial charge in [0.05, 0.1) is 17.8 Å². The largest absolute Gasteiger partial charge is 0.352 e. The normalized spacial score (nSPS) is 24.0. The van der Waals surface area contributed by atoms with E-state index in [1.54, 1.807) is 0 Å². The quantitative estimate of drug-likeness (QED) is 0.771. The number of rotatable bonds is 5. The average Bonchev–Trinajstić information content (AvgIpc) is 3.28. The second kappa shape index (κ2) is 7.78. The van der Waals surface area contributed by atoms with Gasteiger partial charge in [0.25, 0.3) is 0 Å². The van der Waals surface area contributed by atoms with Gasteiger partial charge in [-0.2, -0.15) is 0 Å². The van der Waals surface area contributed by atoms with Gasteiger partial charge in [-0.15, -0.1) is 0 Å². The van der Waals surface area contributed by atoms with Crippen LogP contribution in [0.3, 0.4) is 0 Å². The highest BCUT2D eigenvalue weighted by atomic mass is 32.1. The van der Waals surface area contributed by atoms with Crippen LogP contribution in [0.5, 0.6) is 0 Å². The van der Waals surface area contributed by atoms with Gasteiger partial charge in [0.1, 0.15) is 0 Å². The summed E-state index contributed by atoms with van der Waals surface area (Å²) < 4.78 is 2.53. The van der Waals surface area contributed by atoms with Gasteiger partial charge in [-0.1, -0.05) is 32.3 Å². The Kier molecular flexibility index (Phi) is 5.25. The lowest BCUT2D eigenvalue weighted by molar-refractivity contribution is 0.280. The number of nitrogens with one attached hydrogen (secondary N) is 1. The average molecular weight is 369 g/mol. The van der Waals surface area contributed by atoms with Gasteiger partial charge >= 0.3 is 0 Å². The van der Waals surface area contributed by atoms with E-state index in [0.29, 0.717) is 6.04 Å². The highest BCUT2D eigenvalue weighted by Gasteiger charge is 2.41. The van der Waals surface area contributed by atoms with Crippen LogP contribution in [-0.2, 0) is 0 Å². The molecule has 2 fully saturated rings. The Morgan fingerprint density at radius 3 is 2.73 bits per heavy atom. The van der Waals surface area contributed by atoms with Crippen molar-refractivity contribution in [1.29, 1.82) is 0 Å². The molecule has 138 valence electrons. The van der Waals surface area contributed by atoms with E-state index >= 15 is 0 Å². The summed E-state index contributed by atoms with van der Waals surface area (Å²) in [7, 11) is 0. The van der Waals surface area contributed by atoms with Crippen LogP contribution < -0.4 is 5.32 Å². The summed E-state index contributed by atoms with van der Waals surface area (Å²) >= 11 is 5.71. The van der Waals surface area contributed by atoms with Crippen LogP contribution in [0.2, 0.25) is 0 Å². The SMILES string of the molecule is CCCN1C(=S)NC(c2ccccn2)C1c1cccn1C1CCCCC1. The third-order valence-electron chi connectivity index (χ3n) is 5.75. The Labute approximate surface area is 161 Å². The van der Waals surface area contributed by atoms with E-state index in [9.17, 15) is 0 Å². The Morgan fingerprint density at radius 2 is 2.00 bits per heavy atom. The number of hydrogen-bond donors (Lipinski definition) is 1. The summed E-state index contributed by atoms with van der Waals surface area (Å²) in [4.78, 5) is 7.00. The van der Waals surface area contributed by atoms with Crippen molar-refractivity contribution in [3.63, 3.8) is 0 Å². The summed E-state index contributed by atoms with van der Waals surface area (Å²) in [5.41, 5.74) is 2.43. The van der Waals surface area contributed by atoms with Gasteiger partial charge in [-0.05, 0) is 55.7 Å². The summed E-state index contributed by atoms with van der Waals surface area (Å²) in [6.07, 6.45) is 11.9. The number of aromatic nitrogens is 2. The van der Waals surface area contributed by atoms with Gasteiger partial charge in [-0.25, -0.2) is 0 Å². The summed E-state index contributed by atoms with van der Waals surface area (Å²) in [6, 6.07) is 11.6. The molecule has 2 aliphatic rings. The number of thiocarbonyl (C=S) groups is 1. The van der Waals surface area contributed by atoms with E-state index in [1.165, 1.54) is 37.8 Å². The third-order valence-corrected chi connectivity index (χ3v) is 6.10. The Morgan fingerprint density at radius 1 is 1.15 bits per heavy atom. The molecule has 0 bridgehead atoms. The predicted octanol–water partition coefficient (Wildman–Crippen LogP) is 4.77. The van der Waals surface area contributed by atoms with Crippen molar-refractivity contribution in [2.75, 3.05) is 6.54 Å². The first-order valence-corrected chi connectivity index (χ1v) is 10.3. The zero-order valence-electron chi connectivity index (χ0n) is 15.5. The summed E-state index contributed by atoms with van der Waals surface area (Å²) in [5.74, 6) is 0. The third kappa shape index (κ3) is 3.25. The molecule has 1 saturated heterocycles. The molecule has 1 saturated carbocycles. The number of hydrogen-bond acceptors (Lipinski definition) is 2. The van der Waals surface area contributed by atoms with Crippen molar-refractivity contribution in [3.05, 3.63) is 54.1 Å². The standard InChI is InChI=1S/C21H28N4S/c1-2-14-25-20(19(23-21(25)26)17-11-6-7-13-22-17)18-12-8-15-24(18)16-9-4-3-5-10-16/h6-8,11-13,15-16,19-20H,2-5,9-10,14H2,1H3,(H,23,26). The van der Waals surface area contributed by atoms with E-state index in [-0.39, 0.29) is 12.1 Å². The van der Waals surface area contributed by atoms with Gasteiger partial charge in [0.15, 0.2) is 5.11 Å². The van der Waals surface area contributed by atoms with Crippen molar-refractivity contribution < 1.29 is 0 Å². The van der Waals surface area contributed by atoms with Crippen molar-refractivity contribution in [2.24, 2.45) is 0 Å². The zero-order valence-corrected chi connectivity index (χ0v) is 16.3. The minimum Gasteiger partial charge on any atom is -0.352 e. The summed E-state index contributed by atoms with van der Waals surface area (Å²) in [5, 5.41) is 4.41.